The zero-order valence-corrected chi connectivity index (χ0v) is 12.7. The fourth-order valence-corrected chi connectivity index (χ4v) is 3.90. The van der Waals surface area contributed by atoms with Crippen molar-refractivity contribution in [2.75, 3.05) is 0 Å². The van der Waals surface area contributed by atoms with Crippen LogP contribution in [0.3, 0.4) is 0 Å². The molecule has 2 N–H and O–H groups in total. The average molecular weight is 308 g/mol. The third kappa shape index (κ3) is 3.29. The van der Waals surface area contributed by atoms with Gasteiger partial charge in [0.2, 0.25) is 5.91 Å². The molecule has 0 spiro atoms. The minimum Gasteiger partial charge on any atom is -0.349 e. The Bertz CT molecular complexity index is 531. The van der Waals surface area contributed by atoms with Gasteiger partial charge >= 0.3 is 0 Å². The molecule has 0 aromatic heterocycles. The van der Waals surface area contributed by atoms with Gasteiger partial charge in [0.05, 0.1) is 6.04 Å². The summed E-state index contributed by atoms with van der Waals surface area (Å²) in [5.41, 5.74) is -0.0683. The lowest BCUT2D eigenvalue weighted by atomic mass is 9.89. The van der Waals surface area contributed by atoms with E-state index in [1.54, 1.807) is 6.92 Å². The maximum absolute atomic E-state index is 13.7. The Kier molecular flexibility index (Phi) is 4.43. The molecule has 2 aliphatic heterocycles. The van der Waals surface area contributed by atoms with Crippen molar-refractivity contribution < 1.29 is 13.6 Å². The van der Waals surface area contributed by atoms with Gasteiger partial charge in [0.15, 0.2) is 0 Å². The van der Waals surface area contributed by atoms with Crippen LogP contribution in [0, 0.1) is 17.6 Å². The molecule has 22 heavy (non-hydrogen) atoms. The van der Waals surface area contributed by atoms with Crippen LogP contribution < -0.4 is 10.6 Å². The minimum absolute atomic E-state index is 0.0683. The quantitative estimate of drug-likeness (QED) is 0.897. The van der Waals surface area contributed by atoms with Gasteiger partial charge in [0.25, 0.3) is 0 Å². The standard InChI is InChI=1S/C17H22F2N2O/c1-10(17-14(18)3-2-4-15(17)19)20-16(22)9-11-7-12-5-6-13(8-11)21-12/h2-4,10-13,21H,5-9H2,1H3,(H,20,22). The monoisotopic (exact) mass is 308 g/mol. The third-order valence-electron chi connectivity index (χ3n) is 4.85. The van der Waals surface area contributed by atoms with Crippen LogP contribution in [0.5, 0.6) is 0 Å². The van der Waals surface area contributed by atoms with Crippen molar-refractivity contribution in [3.8, 4) is 0 Å². The lowest BCUT2D eigenvalue weighted by Crippen LogP contribution is -2.40. The van der Waals surface area contributed by atoms with E-state index < -0.39 is 17.7 Å². The van der Waals surface area contributed by atoms with Crippen molar-refractivity contribution in [2.45, 2.75) is 57.2 Å². The lowest BCUT2D eigenvalue weighted by molar-refractivity contribution is -0.122. The number of carbonyl (C=O) groups is 1. The highest BCUT2D eigenvalue weighted by molar-refractivity contribution is 5.76. The van der Waals surface area contributed by atoms with Crippen LogP contribution >= 0.6 is 0 Å². The molecule has 2 saturated heterocycles. The first-order valence-corrected chi connectivity index (χ1v) is 8.02. The van der Waals surface area contributed by atoms with Gasteiger partial charge in [-0.25, -0.2) is 8.78 Å². The summed E-state index contributed by atoms with van der Waals surface area (Å²) < 4.78 is 27.4. The van der Waals surface area contributed by atoms with Gasteiger partial charge in [0, 0.05) is 24.1 Å². The fourth-order valence-electron chi connectivity index (χ4n) is 3.90. The van der Waals surface area contributed by atoms with Crippen LogP contribution in [0.1, 0.15) is 50.6 Å². The molecule has 3 unspecified atom stereocenters. The van der Waals surface area contributed by atoms with Crippen molar-refractivity contribution >= 4 is 5.91 Å². The van der Waals surface area contributed by atoms with Crippen molar-refractivity contribution in [2.24, 2.45) is 5.92 Å². The van der Waals surface area contributed by atoms with Crippen molar-refractivity contribution in [1.29, 1.82) is 0 Å². The molecular weight excluding hydrogens is 286 g/mol. The summed E-state index contributed by atoms with van der Waals surface area (Å²) in [4.78, 5) is 12.2. The molecule has 2 fully saturated rings. The summed E-state index contributed by atoms with van der Waals surface area (Å²) in [6.45, 7) is 1.62. The number of halogens is 2. The van der Waals surface area contributed by atoms with E-state index in [0.29, 0.717) is 24.4 Å². The maximum atomic E-state index is 13.7. The Morgan fingerprint density at radius 3 is 2.45 bits per heavy atom. The zero-order chi connectivity index (χ0) is 15.7. The summed E-state index contributed by atoms with van der Waals surface area (Å²) in [6, 6.07) is 4.17. The first kappa shape index (κ1) is 15.4. The summed E-state index contributed by atoms with van der Waals surface area (Å²) in [5, 5.41) is 6.28. The molecule has 1 aromatic carbocycles. The van der Waals surface area contributed by atoms with Crippen molar-refractivity contribution in [3.05, 3.63) is 35.4 Å². The Morgan fingerprint density at radius 2 is 1.86 bits per heavy atom. The topological polar surface area (TPSA) is 41.1 Å². The number of carbonyl (C=O) groups excluding carboxylic acids is 1. The summed E-state index contributed by atoms with van der Waals surface area (Å²) in [7, 11) is 0. The van der Waals surface area contributed by atoms with E-state index in [-0.39, 0.29) is 11.5 Å². The number of rotatable bonds is 4. The first-order chi connectivity index (χ1) is 10.5. The molecule has 5 heteroatoms. The van der Waals surface area contributed by atoms with Crippen LogP contribution in [0.2, 0.25) is 0 Å². The largest absolute Gasteiger partial charge is 0.349 e. The van der Waals surface area contributed by atoms with Gasteiger partial charge in [-0.05, 0) is 50.7 Å². The molecule has 2 aliphatic rings. The first-order valence-electron chi connectivity index (χ1n) is 8.02. The van der Waals surface area contributed by atoms with Crippen molar-refractivity contribution in [3.63, 3.8) is 0 Å². The fraction of sp³-hybridized carbons (Fsp3) is 0.588. The van der Waals surface area contributed by atoms with E-state index >= 15 is 0 Å². The number of piperidine rings is 1. The van der Waals surface area contributed by atoms with Gasteiger partial charge < -0.3 is 10.6 Å². The lowest BCUT2D eigenvalue weighted by Gasteiger charge is -2.29. The average Bonchev–Trinajstić information content (AvgIpc) is 2.77. The van der Waals surface area contributed by atoms with E-state index in [1.807, 2.05) is 0 Å². The van der Waals surface area contributed by atoms with E-state index in [2.05, 4.69) is 10.6 Å². The Hall–Kier alpha value is -1.49. The molecule has 0 aliphatic carbocycles. The molecule has 0 saturated carbocycles. The second-order valence-electron chi connectivity index (χ2n) is 6.60. The highest BCUT2D eigenvalue weighted by Gasteiger charge is 2.34. The number of hydrogen-bond donors (Lipinski definition) is 2. The summed E-state index contributed by atoms with van der Waals surface area (Å²) in [6.07, 6.45) is 4.87. The van der Waals surface area contributed by atoms with E-state index in [4.69, 9.17) is 0 Å². The van der Waals surface area contributed by atoms with Gasteiger partial charge in [-0.15, -0.1) is 0 Å². The molecule has 1 aromatic rings. The van der Waals surface area contributed by atoms with Crippen LogP contribution in [-0.4, -0.2) is 18.0 Å². The Morgan fingerprint density at radius 1 is 1.27 bits per heavy atom. The second kappa shape index (κ2) is 6.32. The smallest absolute Gasteiger partial charge is 0.220 e. The molecule has 0 radical (unpaired) electrons. The number of benzene rings is 1. The van der Waals surface area contributed by atoms with Crippen LogP contribution in [-0.2, 0) is 4.79 Å². The number of amides is 1. The van der Waals surface area contributed by atoms with Crippen LogP contribution in [0.15, 0.2) is 18.2 Å². The molecule has 2 bridgehead atoms. The van der Waals surface area contributed by atoms with Gasteiger partial charge in [-0.3, -0.25) is 4.79 Å². The van der Waals surface area contributed by atoms with Crippen molar-refractivity contribution in [1.82, 2.24) is 10.6 Å². The summed E-state index contributed by atoms with van der Waals surface area (Å²) in [5.74, 6) is -0.988. The van der Waals surface area contributed by atoms with E-state index in [1.165, 1.54) is 31.0 Å². The Labute approximate surface area is 129 Å². The summed E-state index contributed by atoms with van der Waals surface area (Å²) >= 11 is 0. The van der Waals surface area contributed by atoms with Gasteiger partial charge in [-0.2, -0.15) is 0 Å². The molecule has 3 rings (SSSR count). The number of fused-ring (bicyclic) bond motifs is 2. The van der Waals surface area contributed by atoms with Gasteiger partial charge in [-0.1, -0.05) is 6.07 Å². The molecule has 1 amide bonds. The normalized spacial score (nSPS) is 28.4. The number of hydrogen-bond acceptors (Lipinski definition) is 2. The SMILES string of the molecule is CC(NC(=O)CC1CC2CCC(C1)N2)c1c(F)cccc1F. The third-order valence-corrected chi connectivity index (χ3v) is 4.85. The molecule has 3 atom stereocenters. The van der Waals surface area contributed by atoms with Gasteiger partial charge in [0.1, 0.15) is 11.6 Å². The Balaban J connectivity index is 1.57. The van der Waals surface area contributed by atoms with Crippen LogP contribution in [0.25, 0.3) is 0 Å². The minimum atomic E-state index is -0.660. The second-order valence-corrected chi connectivity index (χ2v) is 6.60. The van der Waals surface area contributed by atoms with E-state index in [0.717, 1.165) is 12.8 Å². The predicted octanol–water partition coefficient (Wildman–Crippen LogP) is 3.06. The zero-order valence-electron chi connectivity index (χ0n) is 12.7. The van der Waals surface area contributed by atoms with Crippen LogP contribution in [0.4, 0.5) is 8.78 Å². The number of nitrogens with one attached hydrogen (secondary N) is 2. The molecule has 120 valence electrons. The highest BCUT2D eigenvalue weighted by atomic mass is 19.1. The molecule has 3 nitrogen and oxygen atoms in total. The molecule has 2 heterocycles. The predicted molar refractivity (Wildman–Crippen MR) is 80.2 cm³/mol. The maximum Gasteiger partial charge on any atom is 0.220 e. The highest BCUT2D eigenvalue weighted by Crippen LogP contribution is 2.32. The van der Waals surface area contributed by atoms with E-state index in [9.17, 15) is 13.6 Å². The molecular formula is C17H22F2N2O.